The number of fused-ring (bicyclic) bond motifs is 9. The third kappa shape index (κ3) is 3.46. The van der Waals surface area contributed by atoms with Gasteiger partial charge in [-0.1, -0.05) is 86.7 Å². The third-order valence-electron chi connectivity index (χ3n) is 10.1. The van der Waals surface area contributed by atoms with Gasteiger partial charge < -0.3 is 9.32 Å². The van der Waals surface area contributed by atoms with E-state index < -0.39 is 0 Å². The number of allylic oxidation sites excluding steroid dienone is 2. The topological polar surface area (TPSA) is 64.0 Å². The molecule has 5 aromatic carbocycles. The van der Waals surface area contributed by atoms with E-state index in [2.05, 4.69) is 122 Å². The van der Waals surface area contributed by atoms with Crippen molar-refractivity contribution < 1.29 is 4.42 Å². The van der Waals surface area contributed by atoms with Crippen molar-refractivity contribution in [3.8, 4) is 34.4 Å². The number of hydrogen-bond acceptors (Lipinski definition) is 4. The summed E-state index contributed by atoms with van der Waals surface area (Å²) < 4.78 is 6.59. The van der Waals surface area contributed by atoms with Crippen molar-refractivity contribution in [2.24, 2.45) is 0 Å². The standard InChI is InChI=1S/C41H27N3O/c1-41(2)33-11-5-3-8-26(33)30-20-32-39(21-34(30)41)45-38-13-7-10-29(40(32)38)28-16-14-25(23-43)19-37(28)44-35-12-6-4-9-27(35)31-18-24(22-42)15-17-36(31)44/h3-21,31,36H,1-2H3. The van der Waals surface area contributed by atoms with E-state index in [0.717, 1.165) is 44.4 Å². The molecule has 6 aromatic rings. The minimum atomic E-state index is -0.116. The van der Waals surface area contributed by atoms with E-state index in [1.165, 1.54) is 27.8 Å². The highest BCUT2D eigenvalue weighted by Gasteiger charge is 2.40. The molecule has 45 heavy (non-hydrogen) atoms. The van der Waals surface area contributed by atoms with E-state index in [1.54, 1.807) is 0 Å². The maximum atomic E-state index is 10.0. The zero-order valence-corrected chi connectivity index (χ0v) is 24.9. The molecule has 2 atom stereocenters. The molecule has 0 radical (unpaired) electrons. The summed E-state index contributed by atoms with van der Waals surface area (Å²) in [6.07, 6.45) is 6.11. The van der Waals surface area contributed by atoms with Crippen LogP contribution in [0.4, 0.5) is 11.4 Å². The fourth-order valence-corrected chi connectivity index (χ4v) is 7.98. The fourth-order valence-electron chi connectivity index (χ4n) is 7.98. The third-order valence-corrected chi connectivity index (χ3v) is 10.1. The molecule has 1 aromatic heterocycles. The van der Waals surface area contributed by atoms with E-state index in [4.69, 9.17) is 4.42 Å². The van der Waals surface area contributed by atoms with E-state index in [0.29, 0.717) is 11.1 Å². The minimum absolute atomic E-state index is 0.0190. The second kappa shape index (κ2) is 9.08. The van der Waals surface area contributed by atoms with Crippen LogP contribution in [0.15, 0.2) is 125 Å². The van der Waals surface area contributed by atoms with Gasteiger partial charge in [0.05, 0.1) is 29.4 Å². The van der Waals surface area contributed by atoms with Crippen LogP contribution < -0.4 is 4.90 Å². The van der Waals surface area contributed by atoms with Gasteiger partial charge in [0, 0.05) is 38.9 Å². The summed E-state index contributed by atoms with van der Waals surface area (Å²) in [5.41, 5.74) is 13.3. The predicted molar refractivity (Wildman–Crippen MR) is 179 cm³/mol. The molecule has 1 aliphatic heterocycles. The highest BCUT2D eigenvalue weighted by atomic mass is 16.3. The molecular weight excluding hydrogens is 550 g/mol. The normalized spacial score (nSPS) is 18.6. The summed E-state index contributed by atoms with van der Waals surface area (Å²) >= 11 is 0. The maximum Gasteiger partial charge on any atom is 0.136 e. The minimum Gasteiger partial charge on any atom is -0.456 e. The number of furan rings is 1. The summed E-state index contributed by atoms with van der Waals surface area (Å²) in [5, 5.41) is 21.8. The number of para-hydroxylation sites is 1. The Kier molecular flexibility index (Phi) is 5.18. The van der Waals surface area contributed by atoms with Crippen molar-refractivity contribution in [3.05, 3.63) is 143 Å². The first-order valence-corrected chi connectivity index (χ1v) is 15.3. The average molecular weight is 578 g/mol. The Morgan fingerprint density at radius 2 is 1.53 bits per heavy atom. The van der Waals surface area contributed by atoms with Gasteiger partial charge in [-0.2, -0.15) is 10.5 Å². The van der Waals surface area contributed by atoms with Crippen molar-refractivity contribution >= 4 is 33.3 Å². The zero-order chi connectivity index (χ0) is 30.4. The van der Waals surface area contributed by atoms with Crippen LogP contribution in [-0.2, 0) is 5.41 Å². The quantitative estimate of drug-likeness (QED) is 0.205. The summed E-state index contributed by atoms with van der Waals surface area (Å²) in [7, 11) is 0. The van der Waals surface area contributed by atoms with Crippen molar-refractivity contribution in [1.29, 1.82) is 10.5 Å². The number of nitrogens with zero attached hydrogens (tertiary/aromatic N) is 3. The Morgan fingerprint density at radius 3 is 2.40 bits per heavy atom. The maximum absolute atomic E-state index is 10.0. The predicted octanol–water partition coefficient (Wildman–Crippen LogP) is 10.1. The molecule has 0 amide bonds. The van der Waals surface area contributed by atoms with Gasteiger partial charge in [-0.25, -0.2) is 0 Å². The molecule has 3 aliphatic rings. The monoisotopic (exact) mass is 577 g/mol. The lowest BCUT2D eigenvalue weighted by atomic mass is 9.82. The highest BCUT2D eigenvalue weighted by Crippen LogP contribution is 2.53. The van der Waals surface area contributed by atoms with E-state index >= 15 is 0 Å². The summed E-state index contributed by atoms with van der Waals surface area (Å²) in [6.45, 7) is 4.58. The Morgan fingerprint density at radius 1 is 0.711 bits per heavy atom. The number of nitriles is 2. The number of anilines is 2. The number of rotatable bonds is 2. The molecule has 0 fully saturated rings. The van der Waals surface area contributed by atoms with Crippen LogP contribution in [0, 0.1) is 22.7 Å². The van der Waals surface area contributed by atoms with Crippen LogP contribution in [0.25, 0.3) is 44.2 Å². The van der Waals surface area contributed by atoms with Gasteiger partial charge in [0.15, 0.2) is 0 Å². The van der Waals surface area contributed by atoms with Gasteiger partial charge in [-0.05, 0) is 75.9 Å². The second-order valence-corrected chi connectivity index (χ2v) is 12.7. The molecule has 0 saturated carbocycles. The van der Waals surface area contributed by atoms with Crippen molar-refractivity contribution in [2.45, 2.75) is 31.2 Å². The van der Waals surface area contributed by atoms with Crippen molar-refractivity contribution in [3.63, 3.8) is 0 Å². The van der Waals surface area contributed by atoms with Gasteiger partial charge >= 0.3 is 0 Å². The van der Waals surface area contributed by atoms with Crippen molar-refractivity contribution in [1.82, 2.24) is 0 Å². The van der Waals surface area contributed by atoms with Gasteiger partial charge in [-0.3, -0.25) is 0 Å². The van der Waals surface area contributed by atoms with E-state index in [1.807, 2.05) is 24.3 Å². The molecule has 0 bridgehead atoms. The Labute approximate surface area is 261 Å². The molecule has 0 spiro atoms. The van der Waals surface area contributed by atoms with Gasteiger partial charge in [0.1, 0.15) is 11.2 Å². The second-order valence-electron chi connectivity index (χ2n) is 12.7. The van der Waals surface area contributed by atoms with Crippen LogP contribution in [0.5, 0.6) is 0 Å². The molecule has 2 heterocycles. The molecule has 0 N–H and O–H groups in total. The Bertz CT molecular complexity index is 2410. The van der Waals surface area contributed by atoms with Gasteiger partial charge in [0.25, 0.3) is 0 Å². The molecule has 4 nitrogen and oxygen atoms in total. The van der Waals surface area contributed by atoms with Crippen molar-refractivity contribution in [2.75, 3.05) is 4.90 Å². The highest BCUT2D eigenvalue weighted by molar-refractivity contribution is 6.15. The lowest BCUT2D eigenvalue weighted by molar-refractivity contribution is 0.647. The largest absolute Gasteiger partial charge is 0.456 e. The number of hydrogen-bond donors (Lipinski definition) is 0. The molecule has 9 rings (SSSR count). The van der Waals surface area contributed by atoms with Crippen LogP contribution in [0.2, 0.25) is 0 Å². The molecule has 0 saturated heterocycles. The van der Waals surface area contributed by atoms with Gasteiger partial charge in [0.2, 0.25) is 0 Å². The summed E-state index contributed by atoms with van der Waals surface area (Å²) in [6, 6.07) is 38.6. The Hall–Kier alpha value is -5.84. The smallest absolute Gasteiger partial charge is 0.136 e. The van der Waals surface area contributed by atoms with E-state index in [9.17, 15) is 10.5 Å². The lowest BCUT2D eigenvalue weighted by Gasteiger charge is -2.31. The van der Waals surface area contributed by atoms with Crippen LogP contribution >= 0.6 is 0 Å². The molecular formula is C41H27N3O. The first kappa shape index (κ1) is 25.6. The first-order chi connectivity index (χ1) is 22.0. The average Bonchev–Trinajstić information content (AvgIpc) is 3.69. The summed E-state index contributed by atoms with van der Waals surface area (Å²) in [5.74, 6) is 0.0380. The number of benzene rings is 5. The molecule has 2 aliphatic carbocycles. The molecule has 4 heteroatoms. The summed E-state index contributed by atoms with van der Waals surface area (Å²) in [4.78, 5) is 2.34. The SMILES string of the molecule is CC1(C)c2ccccc2-c2cc3c(cc21)oc1cccc(-c2ccc(C#N)cc2N2c4ccccc4C4C=C(C#N)C=CC42)c13. The Balaban J connectivity index is 1.30. The first-order valence-electron chi connectivity index (χ1n) is 15.3. The zero-order valence-electron chi connectivity index (χ0n) is 24.9. The van der Waals surface area contributed by atoms with E-state index in [-0.39, 0.29) is 17.4 Å². The van der Waals surface area contributed by atoms with Gasteiger partial charge in [-0.15, -0.1) is 0 Å². The van der Waals surface area contributed by atoms with Crippen LogP contribution in [0.3, 0.4) is 0 Å². The van der Waals surface area contributed by atoms with Crippen LogP contribution in [-0.4, -0.2) is 6.04 Å². The molecule has 2 unspecified atom stereocenters. The molecule has 212 valence electrons. The van der Waals surface area contributed by atoms with Crippen LogP contribution in [0.1, 0.15) is 42.0 Å². The lowest BCUT2D eigenvalue weighted by Crippen LogP contribution is -2.29. The fraction of sp³-hybridized carbons (Fsp3) is 0.122.